The van der Waals surface area contributed by atoms with Crippen LogP contribution in [-0.2, 0) is 10.0 Å². The molecule has 1 heterocycles. The molecule has 0 saturated carbocycles. The van der Waals surface area contributed by atoms with Gasteiger partial charge >= 0.3 is 0 Å². The molecule has 0 saturated heterocycles. The molecule has 0 fully saturated rings. The summed E-state index contributed by atoms with van der Waals surface area (Å²) in [5.74, 6) is 1.46. The summed E-state index contributed by atoms with van der Waals surface area (Å²) in [6.07, 6.45) is 1.64. The first-order chi connectivity index (χ1) is 13.8. The van der Waals surface area contributed by atoms with Crippen LogP contribution in [0.1, 0.15) is 5.56 Å². The Bertz CT molecular complexity index is 1160. The van der Waals surface area contributed by atoms with Crippen molar-refractivity contribution < 1.29 is 13.2 Å². The number of hydrogen-bond donors (Lipinski definition) is 3. The standard InChI is InChI=1S/C19H18N6O3S/c1-13-12-22-19(24-15-3-2-4-17(11-15)29(21,26)27)25-18(13)23-14-5-7-16(8-6-14)28-10-9-20/h2-8,11-12H,10H2,1H3,(H2,21,26,27)(H2,22,23,24,25). The largest absolute Gasteiger partial charge is 0.479 e. The zero-order valence-electron chi connectivity index (χ0n) is 15.5. The van der Waals surface area contributed by atoms with Crippen LogP contribution in [-0.4, -0.2) is 25.0 Å². The van der Waals surface area contributed by atoms with Gasteiger partial charge in [-0.1, -0.05) is 6.07 Å². The van der Waals surface area contributed by atoms with E-state index in [0.29, 0.717) is 23.2 Å². The molecule has 0 aliphatic carbocycles. The van der Waals surface area contributed by atoms with Gasteiger partial charge in [0.2, 0.25) is 16.0 Å². The van der Waals surface area contributed by atoms with Crippen LogP contribution in [0, 0.1) is 18.3 Å². The summed E-state index contributed by atoms with van der Waals surface area (Å²) in [6.45, 7) is 1.84. The Labute approximate surface area is 168 Å². The van der Waals surface area contributed by atoms with E-state index in [0.717, 1.165) is 11.3 Å². The highest BCUT2D eigenvalue weighted by molar-refractivity contribution is 7.89. The second kappa shape index (κ2) is 8.55. The van der Waals surface area contributed by atoms with E-state index in [1.807, 2.05) is 13.0 Å². The number of primary sulfonamides is 1. The lowest BCUT2D eigenvalue weighted by Crippen LogP contribution is -2.12. The predicted octanol–water partition coefficient (Wildman–Crippen LogP) is 2.82. The minimum atomic E-state index is -3.80. The molecule has 0 unspecified atom stereocenters. The lowest BCUT2D eigenvalue weighted by molar-refractivity contribution is 0.368. The quantitative estimate of drug-likeness (QED) is 0.539. The van der Waals surface area contributed by atoms with E-state index in [9.17, 15) is 8.42 Å². The smallest absolute Gasteiger partial charge is 0.238 e. The maximum Gasteiger partial charge on any atom is 0.238 e. The van der Waals surface area contributed by atoms with Gasteiger partial charge in [-0.05, 0) is 49.4 Å². The summed E-state index contributed by atoms with van der Waals surface area (Å²) in [5, 5.41) is 19.9. The number of nitrogens with zero attached hydrogens (tertiary/aromatic N) is 3. The van der Waals surface area contributed by atoms with Gasteiger partial charge in [0.1, 0.15) is 17.6 Å². The van der Waals surface area contributed by atoms with Gasteiger partial charge in [0.25, 0.3) is 0 Å². The van der Waals surface area contributed by atoms with Crippen molar-refractivity contribution in [3.63, 3.8) is 0 Å². The third-order valence-electron chi connectivity index (χ3n) is 3.81. The number of nitrogens with two attached hydrogens (primary N) is 1. The van der Waals surface area contributed by atoms with Crippen LogP contribution in [0.25, 0.3) is 0 Å². The summed E-state index contributed by atoms with van der Waals surface area (Å²) in [4.78, 5) is 8.65. The van der Waals surface area contributed by atoms with Gasteiger partial charge < -0.3 is 15.4 Å². The van der Waals surface area contributed by atoms with Crippen molar-refractivity contribution in [2.45, 2.75) is 11.8 Å². The van der Waals surface area contributed by atoms with Crippen molar-refractivity contribution in [1.29, 1.82) is 5.26 Å². The number of aryl methyl sites for hydroxylation is 1. The lowest BCUT2D eigenvalue weighted by Gasteiger charge is -2.12. The topological polar surface area (TPSA) is 143 Å². The molecular formula is C19H18N6O3S. The number of sulfonamides is 1. The first-order valence-corrected chi connectivity index (χ1v) is 10.00. The summed E-state index contributed by atoms with van der Waals surface area (Å²) in [6, 6.07) is 15.1. The van der Waals surface area contributed by atoms with Crippen LogP contribution in [0.15, 0.2) is 59.6 Å². The molecule has 0 aliphatic heterocycles. The first kappa shape index (κ1) is 20.1. The molecular weight excluding hydrogens is 392 g/mol. The summed E-state index contributed by atoms with van der Waals surface area (Å²) < 4.78 is 28.2. The van der Waals surface area contributed by atoms with Crippen LogP contribution >= 0.6 is 0 Å². The van der Waals surface area contributed by atoms with Gasteiger partial charge in [0.05, 0.1) is 4.90 Å². The minimum absolute atomic E-state index is 0.00772. The SMILES string of the molecule is Cc1cnc(Nc2cccc(S(N)(=O)=O)c2)nc1Nc1ccc(OCC#N)cc1. The average Bonchev–Trinajstić information content (AvgIpc) is 2.69. The van der Waals surface area contributed by atoms with Crippen molar-refractivity contribution in [3.05, 3.63) is 60.3 Å². The van der Waals surface area contributed by atoms with Crippen molar-refractivity contribution >= 4 is 33.2 Å². The van der Waals surface area contributed by atoms with Crippen molar-refractivity contribution in [1.82, 2.24) is 9.97 Å². The average molecular weight is 410 g/mol. The van der Waals surface area contributed by atoms with E-state index in [2.05, 4.69) is 20.6 Å². The number of benzene rings is 2. The Morgan fingerprint density at radius 3 is 2.59 bits per heavy atom. The molecule has 10 heteroatoms. The number of hydrogen-bond acceptors (Lipinski definition) is 8. The Morgan fingerprint density at radius 2 is 1.90 bits per heavy atom. The lowest BCUT2D eigenvalue weighted by atomic mass is 10.3. The maximum absolute atomic E-state index is 11.5. The van der Waals surface area contributed by atoms with E-state index in [1.54, 1.807) is 42.6 Å². The van der Waals surface area contributed by atoms with E-state index < -0.39 is 10.0 Å². The normalized spacial score (nSPS) is 10.8. The zero-order chi connectivity index (χ0) is 20.9. The molecule has 4 N–H and O–H groups in total. The minimum Gasteiger partial charge on any atom is -0.479 e. The fourth-order valence-corrected chi connectivity index (χ4v) is 2.96. The van der Waals surface area contributed by atoms with Crippen molar-refractivity contribution in [2.24, 2.45) is 5.14 Å². The summed E-state index contributed by atoms with van der Waals surface area (Å²) in [7, 11) is -3.80. The van der Waals surface area contributed by atoms with Crippen LogP contribution in [0.5, 0.6) is 5.75 Å². The number of rotatable bonds is 7. The zero-order valence-corrected chi connectivity index (χ0v) is 16.3. The van der Waals surface area contributed by atoms with Crippen LogP contribution in [0.3, 0.4) is 0 Å². The maximum atomic E-state index is 11.5. The van der Waals surface area contributed by atoms with Crippen LogP contribution in [0.4, 0.5) is 23.1 Å². The summed E-state index contributed by atoms with van der Waals surface area (Å²) >= 11 is 0. The molecule has 29 heavy (non-hydrogen) atoms. The van der Waals surface area contributed by atoms with Crippen LogP contribution in [0.2, 0.25) is 0 Å². The Hall–Kier alpha value is -3.68. The molecule has 0 bridgehead atoms. The molecule has 0 radical (unpaired) electrons. The van der Waals surface area contributed by atoms with E-state index >= 15 is 0 Å². The second-order valence-corrected chi connectivity index (χ2v) is 7.58. The molecule has 0 aliphatic rings. The summed E-state index contributed by atoms with van der Waals surface area (Å²) in [5.41, 5.74) is 2.09. The molecule has 3 aromatic rings. The van der Waals surface area contributed by atoms with Gasteiger partial charge in [-0.25, -0.2) is 18.5 Å². The van der Waals surface area contributed by atoms with Crippen LogP contribution < -0.4 is 20.5 Å². The Balaban J connectivity index is 1.77. The Morgan fingerprint density at radius 1 is 1.14 bits per heavy atom. The number of nitrogens with one attached hydrogen (secondary N) is 2. The van der Waals surface area contributed by atoms with E-state index in [-0.39, 0.29) is 11.5 Å². The number of aromatic nitrogens is 2. The molecule has 2 aromatic carbocycles. The predicted molar refractivity (Wildman–Crippen MR) is 109 cm³/mol. The molecule has 0 amide bonds. The molecule has 0 spiro atoms. The Kier molecular flexibility index (Phi) is 5.92. The fourth-order valence-electron chi connectivity index (χ4n) is 2.40. The number of ether oxygens (including phenoxy) is 1. The highest BCUT2D eigenvalue weighted by Crippen LogP contribution is 2.23. The molecule has 148 valence electrons. The number of nitriles is 1. The fraction of sp³-hybridized carbons (Fsp3) is 0.105. The monoisotopic (exact) mass is 410 g/mol. The van der Waals surface area contributed by atoms with Gasteiger partial charge in [0.15, 0.2) is 6.61 Å². The second-order valence-electron chi connectivity index (χ2n) is 6.02. The van der Waals surface area contributed by atoms with Crippen molar-refractivity contribution in [3.8, 4) is 11.8 Å². The van der Waals surface area contributed by atoms with E-state index in [4.69, 9.17) is 15.1 Å². The molecule has 9 nitrogen and oxygen atoms in total. The van der Waals surface area contributed by atoms with Gasteiger partial charge in [-0.3, -0.25) is 0 Å². The van der Waals surface area contributed by atoms with Gasteiger partial charge in [-0.2, -0.15) is 10.2 Å². The van der Waals surface area contributed by atoms with Gasteiger partial charge in [0, 0.05) is 23.1 Å². The van der Waals surface area contributed by atoms with Gasteiger partial charge in [-0.15, -0.1) is 0 Å². The molecule has 1 aromatic heterocycles. The number of anilines is 4. The first-order valence-electron chi connectivity index (χ1n) is 8.45. The third-order valence-corrected chi connectivity index (χ3v) is 4.72. The molecule has 0 atom stereocenters. The van der Waals surface area contributed by atoms with Crippen molar-refractivity contribution in [2.75, 3.05) is 17.2 Å². The third kappa shape index (κ3) is 5.41. The highest BCUT2D eigenvalue weighted by atomic mass is 32.2. The molecule has 3 rings (SSSR count). The highest BCUT2D eigenvalue weighted by Gasteiger charge is 2.10. The van der Waals surface area contributed by atoms with E-state index in [1.165, 1.54) is 12.1 Å².